The number of rotatable bonds is 6. The fraction of sp³-hybridized carbons (Fsp3) is 0.533. The number of amides is 2. The second-order valence-corrected chi connectivity index (χ2v) is 11.1. The van der Waals surface area contributed by atoms with Gasteiger partial charge in [0.15, 0.2) is 0 Å². The van der Waals surface area contributed by atoms with Crippen LogP contribution in [0.3, 0.4) is 0 Å². The van der Waals surface area contributed by atoms with Crippen LogP contribution >= 0.6 is 0 Å². The van der Waals surface area contributed by atoms with Gasteiger partial charge in [-0.2, -0.15) is 0 Å². The van der Waals surface area contributed by atoms with Crippen LogP contribution in [0.25, 0.3) is 0 Å². The van der Waals surface area contributed by atoms with Gasteiger partial charge in [-0.3, -0.25) is 9.59 Å². The van der Waals surface area contributed by atoms with Crippen molar-refractivity contribution in [3.05, 3.63) is 65.2 Å². The van der Waals surface area contributed by atoms with E-state index in [0.29, 0.717) is 19.4 Å². The number of hydrogen-bond donors (Lipinski definition) is 0. The van der Waals surface area contributed by atoms with Gasteiger partial charge in [0.1, 0.15) is 5.75 Å². The first-order valence-corrected chi connectivity index (χ1v) is 13.1. The molecule has 188 valence electrons. The molecule has 0 N–H and O–H groups in total. The van der Waals surface area contributed by atoms with Gasteiger partial charge in [0, 0.05) is 32.0 Å². The van der Waals surface area contributed by atoms with Gasteiger partial charge >= 0.3 is 0 Å². The van der Waals surface area contributed by atoms with E-state index >= 15 is 0 Å². The number of ether oxygens (including phenoxy) is 1. The Balaban J connectivity index is 1.46. The molecule has 2 atom stereocenters. The van der Waals surface area contributed by atoms with Crippen molar-refractivity contribution >= 4 is 11.8 Å². The van der Waals surface area contributed by atoms with Crippen LogP contribution in [-0.4, -0.2) is 41.3 Å². The summed E-state index contributed by atoms with van der Waals surface area (Å²) in [5.74, 6) is 1.15. The predicted octanol–water partition coefficient (Wildman–Crippen LogP) is 6.02. The Hall–Kier alpha value is -2.82. The monoisotopic (exact) mass is 476 g/mol. The largest absolute Gasteiger partial charge is 0.497 e. The van der Waals surface area contributed by atoms with Gasteiger partial charge < -0.3 is 14.5 Å². The second-order valence-electron chi connectivity index (χ2n) is 11.1. The summed E-state index contributed by atoms with van der Waals surface area (Å²) in [6.45, 7) is 7.97. The molecule has 4 rings (SSSR count). The molecule has 5 heteroatoms. The maximum absolute atomic E-state index is 13.6. The fourth-order valence-corrected chi connectivity index (χ4v) is 5.43. The highest BCUT2D eigenvalue weighted by Crippen LogP contribution is 2.33. The topological polar surface area (TPSA) is 49.9 Å². The predicted molar refractivity (Wildman–Crippen MR) is 139 cm³/mol. The van der Waals surface area contributed by atoms with Gasteiger partial charge in [0.2, 0.25) is 11.8 Å². The van der Waals surface area contributed by atoms with E-state index in [4.69, 9.17) is 4.74 Å². The van der Waals surface area contributed by atoms with Crippen molar-refractivity contribution in [2.45, 2.75) is 89.8 Å². The lowest BCUT2D eigenvalue weighted by Gasteiger charge is -2.33. The maximum atomic E-state index is 13.6. The zero-order chi connectivity index (χ0) is 25.0. The third-order valence-corrected chi connectivity index (χ3v) is 7.61. The minimum atomic E-state index is -0.0305. The molecule has 2 unspecified atom stereocenters. The van der Waals surface area contributed by atoms with E-state index < -0.39 is 0 Å². The van der Waals surface area contributed by atoms with Crippen molar-refractivity contribution in [3.63, 3.8) is 0 Å². The fourth-order valence-electron chi connectivity index (χ4n) is 5.43. The highest BCUT2D eigenvalue weighted by molar-refractivity contribution is 5.82. The smallest absolute Gasteiger partial charge is 0.225 e. The van der Waals surface area contributed by atoms with Crippen molar-refractivity contribution in [1.29, 1.82) is 0 Å². The standard InChI is InChI=1S/C30H40N2O3/c1-30(2,3)24-13-9-22(10-14-24)21-32-25(15-18-28(32)33)20-29(34)31-19-7-5-6-8-27(31)23-11-16-26(35-4)17-12-23/h9-14,16-17,25,27H,5-8,15,18-21H2,1-4H3. The SMILES string of the molecule is COc1ccc(C2CCCCCN2C(=O)CC2CCC(=O)N2Cc2ccc(C(C)(C)C)cc2)cc1. The number of carbonyl (C=O) groups is 2. The highest BCUT2D eigenvalue weighted by Gasteiger charge is 2.35. The summed E-state index contributed by atoms with van der Waals surface area (Å²) >= 11 is 0. The first-order valence-electron chi connectivity index (χ1n) is 13.1. The molecule has 35 heavy (non-hydrogen) atoms. The summed E-state index contributed by atoms with van der Waals surface area (Å²) in [4.78, 5) is 30.4. The van der Waals surface area contributed by atoms with Gasteiger partial charge in [-0.1, -0.05) is 70.0 Å². The van der Waals surface area contributed by atoms with Crippen molar-refractivity contribution in [2.75, 3.05) is 13.7 Å². The molecule has 2 aromatic rings. The minimum absolute atomic E-state index is 0.0305. The third kappa shape index (κ3) is 6.06. The second kappa shape index (κ2) is 10.8. The molecule has 2 aliphatic rings. The van der Waals surface area contributed by atoms with E-state index in [1.54, 1.807) is 7.11 Å². The molecule has 2 fully saturated rings. The number of nitrogens with zero attached hydrogens (tertiary/aromatic N) is 2. The Labute approximate surface area is 210 Å². The summed E-state index contributed by atoms with van der Waals surface area (Å²) in [5.41, 5.74) is 3.67. The zero-order valence-electron chi connectivity index (χ0n) is 21.8. The van der Waals surface area contributed by atoms with E-state index in [9.17, 15) is 9.59 Å². The van der Waals surface area contributed by atoms with Gasteiger partial charge in [0.25, 0.3) is 0 Å². The zero-order valence-corrected chi connectivity index (χ0v) is 21.8. The maximum Gasteiger partial charge on any atom is 0.225 e. The lowest BCUT2D eigenvalue weighted by atomic mass is 9.87. The number of benzene rings is 2. The first-order chi connectivity index (χ1) is 16.8. The van der Waals surface area contributed by atoms with Crippen molar-refractivity contribution in [3.8, 4) is 5.75 Å². The van der Waals surface area contributed by atoms with Gasteiger partial charge in [0.05, 0.1) is 13.2 Å². The van der Waals surface area contributed by atoms with E-state index in [1.165, 1.54) is 11.1 Å². The summed E-state index contributed by atoms with van der Waals surface area (Å²) < 4.78 is 5.32. The lowest BCUT2D eigenvalue weighted by Crippen LogP contribution is -2.40. The van der Waals surface area contributed by atoms with Gasteiger partial charge in [-0.15, -0.1) is 0 Å². The molecular weight excluding hydrogens is 436 g/mol. The molecular formula is C30H40N2O3. The molecule has 0 bridgehead atoms. The van der Waals surface area contributed by atoms with Crippen LogP contribution < -0.4 is 4.74 Å². The van der Waals surface area contributed by atoms with Crippen LogP contribution in [0, 0.1) is 0 Å². The van der Waals surface area contributed by atoms with Crippen LogP contribution in [0.1, 0.15) is 88.4 Å². The summed E-state index contributed by atoms with van der Waals surface area (Å²) in [5, 5.41) is 0. The van der Waals surface area contributed by atoms with E-state index in [2.05, 4.69) is 62.1 Å². The Morgan fingerprint density at radius 3 is 2.34 bits per heavy atom. The Morgan fingerprint density at radius 2 is 1.69 bits per heavy atom. The average molecular weight is 477 g/mol. The van der Waals surface area contributed by atoms with Crippen LogP contribution in [0.5, 0.6) is 5.75 Å². The molecule has 2 aromatic carbocycles. The molecule has 0 saturated carbocycles. The first kappa shape index (κ1) is 25.3. The summed E-state index contributed by atoms with van der Waals surface area (Å²) in [7, 11) is 1.67. The van der Waals surface area contributed by atoms with Crippen LogP contribution in [-0.2, 0) is 21.5 Å². The van der Waals surface area contributed by atoms with Crippen molar-refractivity contribution in [1.82, 2.24) is 9.80 Å². The van der Waals surface area contributed by atoms with E-state index in [1.807, 2.05) is 17.0 Å². The number of hydrogen-bond acceptors (Lipinski definition) is 3. The van der Waals surface area contributed by atoms with E-state index in [0.717, 1.165) is 50.0 Å². The Morgan fingerprint density at radius 1 is 0.971 bits per heavy atom. The molecule has 2 aliphatic heterocycles. The number of likely N-dealkylation sites (tertiary alicyclic amines) is 2. The quantitative estimate of drug-likeness (QED) is 0.512. The van der Waals surface area contributed by atoms with E-state index in [-0.39, 0.29) is 29.3 Å². The average Bonchev–Trinajstić information content (AvgIpc) is 3.03. The Kier molecular flexibility index (Phi) is 7.83. The normalized spacial score (nSPS) is 21.2. The molecule has 0 spiro atoms. The summed E-state index contributed by atoms with van der Waals surface area (Å²) in [6, 6.07) is 16.8. The van der Waals surface area contributed by atoms with Crippen LogP contribution in [0.15, 0.2) is 48.5 Å². The van der Waals surface area contributed by atoms with Crippen molar-refractivity contribution in [2.24, 2.45) is 0 Å². The molecule has 2 amide bonds. The third-order valence-electron chi connectivity index (χ3n) is 7.61. The number of methoxy groups -OCH3 is 1. The minimum Gasteiger partial charge on any atom is -0.497 e. The lowest BCUT2D eigenvalue weighted by molar-refractivity contribution is -0.136. The molecule has 0 radical (unpaired) electrons. The van der Waals surface area contributed by atoms with Crippen molar-refractivity contribution < 1.29 is 14.3 Å². The molecule has 2 heterocycles. The molecule has 0 aliphatic carbocycles. The molecule has 0 aromatic heterocycles. The van der Waals surface area contributed by atoms with Crippen LogP contribution in [0.4, 0.5) is 0 Å². The Bertz CT molecular complexity index is 1010. The number of carbonyl (C=O) groups excluding carboxylic acids is 2. The highest BCUT2D eigenvalue weighted by atomic mass is 16.5. The van der Waals surface area contributed by atoms with Gasteiger partial charge in [-0.25, -0.2) is 0 Å². The summed E-state index contributed by atoms with van der Waals surface area (Å²) in [6.07, 6.45) is 5.97. The molecule has 2 saturated heterocycles. The van der Waals surface area contributed by atoms with Crippen LogP contribution in [0.2, 0.25) is 0 Å². The molecule has 5 nitrogen and oxygen atoms in total. The van der Waals surface area contributed by atoms with Gasteiger partial charge in [-0.05, 0) is 53.5 Å².